The first-order valence-corrected chi connectivity index (χ1v) is 6.41. The fourth-order valence-electron chi connectivity index (χ4n) is 0.790. The molecule has 0 aliphatic heterocycles. The Balaban J connectivity index is 3.47. The third kappa shape index (κ3) is 9.63. The van der Waals surface area contributed by atoms with Crippen molar-refractivity contribution in [2.24, 2.45) is 0 Å². The normalized spacial score (nSPS) is 11.6. The summed E-state index contributed by atoms with van der Waals surface area (Å²) in [4.78, 5) is 11.1. The smallest absolute Gasteiger partial charge is 0.147 e. The Hall–Kier alpha value is -0.460. The van der Waals surface area contributed by atoms with E-state index in [1.54, 1.807) is 7.11 Å². The van der Waals surface area contributed by atoms with Gasteiger partial charge >= 0.3 is 0 Å². The van der Waals surface area contributed by atoms with Crippen LogP contribution in [0.4, 0.5) is 0 Å². The number of sulfone groups is 1. The molecule has 0 saturated carbocycles. The molecular formula is C8H17NO4S. The van der Waals surface area contributed by atoms with Crippen molar-refractivity contribution in [1.29, 1.82) is 0 Å². The van der Waals surface area contributed by atoms with E-state index in [2.05, 4.69) is 5.32 Å². The minimum atomic E-state index is -3.03. The maximum Gasteiger partial charge on any atom is 0.147 e. The molecule has 0 aromatic carbocycles. The van der Waals surface area contributed by atoms with Crippen molar-refractivity contribution < 1.29 is 17.9 Å². The molecule has 1 N–H and O–H groups in total. The van der Waals surface area contributed by atoms with Gasteiger partial charge in [-0.25, -0.2) is 8.42 Å². The van der Waals surface area contributed by atoms with Crippen LogP contribution >= 0.6 is 0 Å². The summed E-state index contributed by atoms with van der Waals surface area (Å²) in [5, 5.41) is 2.85. The molecule has 6 heteroatoms. The summed E-state index contributed by atoms with van der Waals surface area (Å²) in [6, 6.07) is 0. The van der Waals surface area contributed by atoms with Crippen molar-refractivity contribution in [3.63, 3.8) is 0 Å². The van der Waals surface area contributed by atoms with Gasteiger partial charge in [-0.1, -0.05) is 0 Å². The van der Waals surface area contributed by atoms with Gasteiger partial charge in [0.2, 0.25) is 0 Å². The van der Waals surface area contributed by atoms with E-state index in [9.17, 15) is 13.2 Å². The zero-order valence-corrected chi connectivity index (χ0v) is 9.39. The quantitative estimate of drug-likeness (QED) is 0.547. The Morgan fingerprint density at radius 1 is 1.43 bits per heavy atom. The number of hydrogen-bond donors (Lipinski definition) is 1. The molecule has 0 rings (SSSR count). The summed E-state index contributed by atoms with van der Waals surface area (Å²) in [7, 11) is -1.45. The van der Waals surface area contributed by atoms with Gasteiger partial charge in [0, 0.05) is 26.3 Å². The van der Waals surface area contributed by atoms with Crippen LogP contribution in [0.5, 0.6) is 0 Å². The average molecular weight is 223 g/mol. The fourth-order valence-corrected chi connectivity index (χ4v) is 1.39. The molecule has 0 aliphatic carbocycles. The molecule has 14 heavy (non-hydrogen) atoms. The third-order valence-corrected chi connectivity index (χ3v) is 2.50. The maximum absolute atomic E-state index is 11.1. The van der Waals surface area contributed by atoms with Gasteiger partial charge in [0.1, 0.15) is 15.6 Å². The molecule has 0 aliphatic rings. The molecule has 0 unspecified atom stereocenters. The monoisotopic (exact) mass is 223 g/mol. The fraction of sp³-hybridized carbons (Fsp3) is 0.875. The average Bonchev–Trinajstić information content (AvgIpc) is 2.08. The number of hydrogen-bond acceptors (Lipinski definition) is 5. The molecule has 5 nitrogen and oxygen atoms in total. The van der Waals surface area contributed by atoms with E-state index in [1.807, 2.05) is 0 Å². The first-order chi connectivity index (χ1) is 6.45. The highest BCUT2D eigenvalue weighted by Crippen LogP contribution is 1.89. The Labute approximate surface area is 84.7 Å². The van der Waals surface area contributed by atoms with Crippen LogP contribution in [0.3, 0.4) is 0 Å². The van der Waals surface area contributed by atoms with Crippen molar-refractivity contribution in [3.05, 3.63) is 0 Å². The van der Waals surface area contributed by atoms with Gasteiger partial charge in [-0.15, -0.1) is 0 Å². The maximum atomic E-state index is 11.1. The molecule has 0 fully saturated rings. The summed E-state index contributed by atoms with van der Waals surface area (Å²) < 4.78 is 26.2. The van der Waals surface area contributed by atoms with Crippen molar-refractivity contribution in [2.45, 2.75) is 6.42 Å². The van der Waals surface area contributed by atoms with Crippen LogP contribution in [0.15, 0.2) is 0 Å². The lowest BCUT2D eigenvalue weighted by Gasteiger charge is -2.02. The van der Waals surface area contributed by atoms with E-state index in [0.29, 0.717) is 13.2 Å². The molecule has 0 heterocycles. The lowest BCUT2D eigenvalue weighted by Crippen LogP contribution is -2.27. The van der Waals surface area contributed by atoms with Gasteiger partial charge in [-0.3, -0.25) is 4.79 Å². The molecular weight excluding hydrogens is 206 g/mol. The minimum Gasteiger partial charge on any atom is -0.383 e. The van der Waals surface area contributed by atoms with Crippen LogP contribution in [-0.4, -0.2) is 53.0 Å². The predicted molar refractivity (Wildman–Crippen MR) is 54.1 cm³/mol. The Kier molecular flexibility index (Phi) is 6.69. The van der Waals surface area contributed by atoms with Crippen LogP contribution in [0.2, 0.25) is 0 Å². The number of ether oxygens (including phenoxy) is 1. The van der Waals surface area contributed by atoms with E-state index in [1.165, 1.54) is 0 Å². The lowest BCUT2D eigenvalue weighted by atomic mass is 10.3. The highest BCUT2D eigenvalue weighted by molar-refractivity contribution is 7.90. The van der Waals surface area contributed by atoms with Crippen LogP contribution in [0, 0.1) is 0 Å². The highest BCUT2D eigenvalue weighted by Gasteiger charge is 2.07. The Morgan fingerprint density at radius 3 is 2.57 bits per heavy atom. The van der Waals surface area contributed by atoms with Crippen molar-refractivity contribution in [3.8, 4) is 0 Å². The molecule has 0 saturated heterocycles. The van der Waals surface area contributed by atoms with Gasteiger partial charge in [-0.05, 0) is 0 Å². The Morgan fingerprint density at radius 2 is 2.07 bits per heavy atom. The van der Waals surface area contributed by atoms with E-state index < -0.39 is 9.84 Å². The van der Waals surface area contributed by atoms with Gasteiger partial charge in [0.05, 0.1) is 18.9 Å². The van der Waals surface area contributed by atoms with E-state index in [4.69, 9.17) is 4.74 Å². The highest BCUT2D eigenvalue weighted by atomic mass is 32.2. The zero-order chi connectivity index (χ0) is 11.0. The number of carbonyl (C=O) groups excluding carboxylic acids is 1. The number of Topliss-reactive ketones (excluding diaryl/α,β-unsaturated/α-hetero) is 1. The third-order valence-electron chi connectivity index (χ3n) is 1.56. The first-order valence-electron chi connectivity index (χ1n) is 4.35. The summed E-state index contributed by atoms with van der Waals surface area (Å²) >= 11 is 0. The van der Waals surface area contributed by atoms with Crippen molar-refractivity contribution in [1.82, 2.24) is 5.32 Å². The summed E-state index contributed by atoms with van der Waals surface area (Å²) in [6.07, 6.45) is 1.21. The second-order valence-corrected chi connectivity index (χ2v) is 5.35. The number of methoxy groups -OCH3 is 1. The van der Waals surface area contributed by atoms with E-state index in [-0.39, 0.29) is 24.5 Å². The molecule has 0 aromatic rings. The molecule has 0 amide bonds. The summed E-state index contributed by atoms with van der Waals surface area (Å²) in [5.74, 6) is -0.163. The summed E-state index contributed by atoms with van der Waals surface area (Å²) in [5.41, 5.74) is 0. The first kappa shape index (κ1) is 13.5. The molecule has 0 bridgehead atoms. The van der Waals surface area contributed by atoms with Crippen LogP contribution in [0.25, 0.3) is 0 Å². The molecule has 0 spiro atoms. The van der Waals surface area contributed by atoms with E-state index in [0.717, 1.165) is 6.26 Å². The van der Waals surface area contributed by atoms with Crippen LogP contribution in [-0.2, 0) is 19.4 Å². The number of ketones is 1. The number of nitrogens with one attached hydrogen (secondary N) is 1. The SMILES string of the molecule is COCCNCC(=O)CCS(C)(=O)=O. The zero-order valence-electron chi connectivity index (χ0n) is 8.58. The lowest BCUT2D eigenvalue weighted by molar-refractivity contribution is -0.117. The van der Waals surface area contributed by atoms with Gasteiger partial charge in [0.25, 0.3) is 0 Å². The van der Waals surface area contributed by atoms with Crippen molar-refractivity contribution in [2.75, 3.05) is 38.8 Å². The van der Waals surface area contributed by atoms with Gasteiger partial charge in [0.15, 0.2) is 0 Å². The minimum absolute atomic E-state index is 0.0716. The second kappa shape index (κ2) is 6.92. The van der Waals surface area contributed by atoms with Gasteiger partial charge < -0.3 is 10.1 Å². The number of carbonyl (C=O) groups is 1. The molecule has 0 aromatic heterocycles. The molecule has 0 radical (unpaired) electrons. The standard InChI is InChI=1S/C8H17NO4S/c1-13-5-4-9-7-8(10)3-6-14(2,11)12/h9H,3-7H2,1-2H3. The largest absolute Gasteiger partial charge is 0.383 e. The van der Waals surface area contributed by atoms with Crippen LogP contribution in [0.1, 0.15) is 6.42 Å². The van der Waals surface area contributed by atoms with E-state index >= 15 is 0 Å². The van der Waals surface area contributed by atoms with Gasteiger partial charge in [-0.2, -0.15) is 0 Å². The molecule has 84 valence electrons. The van der Waals surface area contributed by atoms with Crippen LogP contribution < -0.4 is 5.32 Å². The number of rotatable bonds is 8. The Bertz CT molecular complexity index is 261. The summed E-state index contributed by atoms with van der Waals surface area (Å²) in [6.45, 7) is 1.35. The molecule has 0 atom stereocenters. The topological polar surface area (TPSA) is 72.5 Å². The second-order valence-electron chi connectivity index (χ2n) is 3.09. The predicted octanol–water partition coefficient (Wildman–Crippen LogP) is -0.774. The van der Waals surface area contributed by atoms with Crippen molar-refractivity contribution >= 4 is 15.6 Å².